The quantitative estimate of drug-likeness (QED) is 0.439. The number of ether oxygens (including phenoxy) is 3. The molecule has 4 rings (SSSR count). The van der Waals surface area contributed by atoms with Crippen LogP contribution in [-0.2, 0) is 14.9 Å². The summed E-state index contributed by atoms with van der Waals surface area (Å²) in [5.74, 6) is 1.93. The summed E-state index contributed by atoms with van der Waals surface area (Å²) in [7, 11) is 3.44. The molecule has 4 nitrogen and oxygen atoms in total. The van der Waals surface area contributed by atoms with Crippen LogP contribution in [0.15, 0.2) is 35.4 Å². The van der Waals surface area contributed by atoms with Gasteiger partial charge in [-0.05, 0) is 66.4 Å². The van der Waals surface area contributed by atoms with Crippen molar-refractivity contribution in [3.8, 4) is 11.5 Å². The molecule has 0 fully saturated rings. The molecule has 1 aromatic carbocycles. The van der Waals surface area contributed by atoms with Gasteiger partial charge in [0.2, 0.25) is 0 Å². The van der Waals surface area contributed by atoms with Gasteiger partial charge in [0.05, 0.1) is 19.6 Å². The Balaban J connectivity index is 0.00000187. The number of carbonyl (C=O) groups excluding carboxylic acids is 1. The van der Waals surface area contributed by atoms with E-state index in [1.807, 2.05) is 34.6 Å². The zero-order valence-electron chi connectivity index (χ0n) is 22.8. The molecule has 0 radical (unpaired) electrons. The molecule has 0 aliphatic heterocycles. The van der Waals surface area contributed by atoms with Gasteiger partial charge in [-0.3, -0.25) is 4.79 Å². The van der Waals surface area contributed by atoms with Crippen LogP contribution in [0.4, 0.5) is 0 Å². The lowest BCUT2D eigenvalue weighted by atomic mass is 9.52. The lowest BCUT2D eigenvalue weighted by Gasteiger charge is -2.52. The van der Waals surface area contributed by atoms with Gasteiger partial charge in [-0.25, -0.2) is 0 Å². The van der Waals surface area contributed by atoms with Crippen LogP contribution in [0.5, 0.6) is 11.5 Å². The molecule has 2 atom stereocenters. The lowest BCUT2D eigenvalue weighted by molar-refractivity contribution is -0.151. The third-order valence-corrected chi connectivity index (χ3v) is 6.70. The molecule has 3 aliphatic rings. The second-order valence-electron chi connectivity index (χ2n) is 11.4. The number of allylic oxidation sites excluding steroid dienone is 2. The zero-order valence-corrected chi connectivity index (χ0v) is 22.8. The highest BCUT2D eigenvalue weighted by molar-refractivity contribution is 5.75. The summed E-state index contributed by atoms with van der Waals surface area (Å²) < 4.78 is 17.4. The molecule has 0 N–H and O–H groups in total. The van der Waals surface area contributed by atoms with Crippen molar-refractivity contribution in [3.05, 3.63) is 46.6 Å². The second kappa shape index (κ2) is 9.56. The highest BCUT2D eigenvalue weighted by atomic mass is 16.5. The molecular formula is C29H44O4. The second-order valence-corrected chi connectivity index (χ2v) is 11.4. The Morgan fingerprint density at radius 1 is 0.939 bits per heavy atom. The van der Waals surface area contributed by atoms with Crippen molar-refractivity contribution < 1.29 is 19.0 Å². The molecule has 0 saturated carbocycles. The Bertz CT molecular complexity index is 910. The van der Waals surface area contributed by atoms with Gasteiger partial charge in [0, 0.05) is 11.5 Å². The van der Waals surface area contributed by atoms with E-state index in [1.165, 1.54) is 11.1 Å². The van der Waals surface area contributed by atoms with Gasteiger partial charge in [-0.1, -0.05) is 60.6 Å². The first-order valence-corrected chi connectivity index (χ1v) is 12.1. The number of methoxy groups -OCH3 is 2. The van der Waals surface area contributed by atoms with Gasteiger partial charge in [0.15, 0.2) is 0 Å². The first-order chi connectivity index (χ1) is 15.2. The van der Waals surface area contributed by atoms with E-state index in [1.54, 1.807) is 14.2 Å². The summed E-state index contributed by atoms with van der Waals surface area (Å²) in [6.07, 6.45) is 4.57. The van der Waals surface area contributed by atoms with Crippen LogP contribution in [0, 0.1) is 16.7 Å². The number of hydrogen-bond acceptors (Lipinski definition) is 4. The van der Waals surface area contributed by atoms with Gasteiger partial charge < -0.3 is 14.2 Å². The van der Waals surface area contributed by atoms with E-state index in [0.717, 1.165) is 22.6 Å². The number of fused-ring (bicyclic) bond motifs is 1. The number of esters is 1. The number of rotatable bonds is 5. The third kappa shape index (κ3) is 5.15. The van der Waals surface area contributed by atoms with E-state index in [4.69, 9.17) is 14.2 Å². The Hall–Kier alpha value is -2.23. The van der Waals surface area contributed by atoms with Crippen LogP contribution in [-0.4, -0.2) is 26.8 Å². The molecule has 184 valence electrons. The molecule has 0 aromatic heterocycles. The van der Waals surface area contributed by atoms with Crippen LogP contribution < -0.4 is 9.47 Å². The minimum atomic E-state index is -0.518. The first-order valence-electron chi connectivity index (χ1n) is 12.1. The van der Waals surface area contributed by atoms with Crippen molar-refractivity contribution in [2.45, 2.75) is 80.6 Å². The largest absolute Gasteiger partial charge is 0.496 e. The average molecular weight is 457 g/mol. The molecule has 0 spiro atoms. The molecule has 0 heterocycles. The molecule has 33 heavy (non-hydrogen) atoms. The van der Waals surface area contributed by atoms with E-state index in [-0.39, 0.29) is 22.7 Å². The van der Waals surface area contributed by atoms with Crippen LogP contribution in [0.3, 0.4) is 0 Å². The van der Waals surface area contributed by atoms with Crippen LogP contribution in [0.1, 0.15) is 86.3 Å². The van der Waals surface area contributed by atoms with Gasteiger partial charge in [0.1, 0.15) is 18.1 Å². The summed E-state index contributed by atoms with van der Waals surface area (Å²) >= 11 is 0. The fourth-order valence-corrected chi connectivity index (χ4v) is 4.62. The van der Waals surface area contributed by atoms with Crippen molar-refractivity contribution in [1.82, 2.24) is 0 Å². The zero-order chi connectivity index (χ0) is 25.4. The molecule has 2 bridgehead atoms. The van der Waals surface area contributed by atoms with E-state index in [2.05, 4.69) is 58.9 Å². The van der Waals surface area contributed by atoms with Crippen LogP contribution >= 0.6 is 0 Å². The molecule has 1 aromatic rings. The van der Waals surface area contributed by atoms with Gasteiger partial charge in [-0.2, -0.15) is 0 Å². The van der Waals surface area contributed by atoms with E-state index in [0.29, 0.717) is 12.5 Å². The summed E-state index contributed by atoms with van der Waals surface area (Å²) in [5, 5.41) is 0. The fourth-order valence-electron chi connectivity index (χ4n) is 4.62. The van der Waals surface area contributed by atoms with E-state index >= 15 is 0 Å². The van der Waals surface area contributed by atoms with Crippen molar-refractivity contribution in [2.24, 2.45) is 16.7 Å². The van der Waals surface area contributed by atoms with Crippen molar-refractivity contribution >= 4 is 5.97 Å². The molecule has 4 heteroatoms. The Labute approximate surface area is 201 Å². The summed E-state index contributed by atoms with van der Waals surface area (Å²) in [5.41, 5.74) is 4.06. The minimum absolute atomic E-state index is 0.00160. The summed E-state index contributed by atoms with van der Waals surface area (Å²) in [6, 6.07) is 4.27. The molecule has 0 amide bonds. The Morgan fingerprint density at radius 2 is 1.45 bits per heavy atom. The number of hydrogen-bond donors (Lipinski definition) is 0. The van der Waals surface area contributed by atoms with E-state index < -0.39 is 5.41 Å². The van der Waals surface area contributed by atoms with Crippen LogP contribution in [0.2, 0.25) is 0 Å². The maximum Gasteiger partial charge on any atom is 0.311 e. The van der Waals surface area contributed by atoms with E-state index in [9.17, 15) is 4.79 Å². The predicted octanol–water partition coefficient (Wildman–Crippen LogP) is 7.22. The van der Waals surface area contributed by atoms with Crippen LogP contribution in [0.25, 0.3) is 0 Å². The Kier molecular flexibility index (Phi) is 7.83. The normalized spacial score (nSPS) is 21.0. The van der Waals surface area contributed by atoms with Gasteiger partial charge in [0.25, 0.3) is 0 Å². The fraction of sp³-hybridized carbons (Fsp3) is 0.621. The average Bonchev–Trinajstić information content (AvgIpc) is 2.75. The maximum absolute atomic E-state index is 12.4. The highest BCUT2D eigenvalue weighted by Gasteiger charge is 2.50. The highest BCUT2D eigenvalue weighted by Crippen LogP contribution is 2.61. The van der Waals surface area contributed by atoms with Gasteiger partial charge >= 0.3 is 5.97 Å². The summed E-state index contributed by atoms with van der Waals surface area (Å²) in [6.45, 7) is 21.0. The van der Waals surface area contributed by atoms with Crippen molar-refractivity contribution in [3.63, 3.8) is 0 Å². The minimum Gasteiger partial charge on any atom is -0.496 e. The topological polar surface area (TPSA) is 44.8 Å². The standard InChI is InChI=1S/C27H38O4.C2H6/c1-25(2,3)17-12-21(29-9)23(22(13-17)30-10)18-11-16(15-31-24(28)26(4,5)6)19-14-20(18)27(19,7)8;1-2/h11-14,18,20H,15H2,1-10H3;1-2H3/t18?,20-;/m1./s1. The molecule has 1 unspecified atom stereocenters. The maximum atomic E-state index is 12.4. The van der Waals surface area contributed by atoms with Crippen molar-refractivity contribution in [2.75, 3.05) is 20.8 Å². The third-order valence-electron chi connectivity index (χ3n) is 6.70. The van der Waals surface area contributed by atoms with Crippen molar-refractivity contribution in [1.29, 1.82) is 0 Å². The molecule has 0 saturated heterocycles. The predicted molar refractivity (Wildman–Crippen MR) is 136 cm³/mol. The monoisotopic (exact) mass is 456 g/mol. The first kappa shape index (κ1) is 27.0. The lowest BCUT2D eigenvalue weighted by Crippen LogP contribution is -2.43. The smallest absolute Gasteiger partial charge is 0.311 e. The molecule has 3 aliphatic carbocycles. The summed E-state index contributed by atoms with van der Waals surface area (Å²) in [4.78, 5) is 12.4. The Morgan fingerprint density at radius 3 is 1.85 bits per heavy atom. The number of benzene rings is 1. The number of carbonyl (C=O) groups is 1. The van der Waals surface area contributed by atoms with Gasteiger partial charge in [-0.15, -0.1) is 0 Å². The molecular weight excluding hydrogens is 412 g/mol. The SMILES string of the molecule is CC.COc1cc(C(C)(C)C)cc(OC)c1C1C=C(COC(=O)C(C)(C)C)C2=C[C@H]1C2(C)C.